The number of benzene rings is 3. The van der Waals surface area contributed by atoms with Gasteiger partial charge in [0.2, 0.25) is 0 Å². The quantitative estimate of drug-likeness (QED) is 0.211. The molecule has 0 nitrogen and oxygen atoms in total. The van der Waals surface area contributed by atoms with Gasteiger partial charge < -0.3 is 0 Å². The van der Waals surface area contributed by atoms with Gasteiger partial charge in [0.1, 0.15) is 5.82 Å². The van der Waals surface area contributed by atoms with E-state index < -0.39 is 0 Å². The molecule has 188 valence electrons. The summed E-state index contributed by atoms with van der Waals surface area (Å²) in [5, 5.41) is 1.64. The molecule has 36 heavy (non-hydrogen) atoms. The number of fused-ring (bicyclic) bond motifs is 1. The maximum absolute atomic E-state index is 15.2. The summed E-state index contributed by atoms with van der Waals surface area (Å²) in [6.45, 7) is 4.34. The Kier molecular flexibility index (Phi) is 9.80. The molecule has 0 aromatic heterocycles. The van der Waals surface area contributed by atoms with E-state index in [4.69, 9.17) is 0 Å². The molecule has 1 saturated carbocycles. The highest BCUT2D eigenvalue weighted by molar-refractivity contribution is 5.85. The van der Waals surface area contributed by atoms with Crippen molar-refractivity contribution in [1.29, 1.82) is 0 Å². The predicted octanol–water partition coefficient (Wildman–Crippen LogP) is 9.82. The van der Waals surface area contributed by atoms with Gasteiger partial charge in [0, 0.05) is 10.9 Å². The van der Waals surface area contributed by atoms with Crippen molar-refractivity contribution in [3.8, 4) is 11.8 Å². The molecule has 3 aromatic rings. The maximum atomic E-state index is 15.2. The van der Waals surface area contributed by atoms with E-state index in [1.54, 1.807) is 0 Å². The van der Waals surface area contributed by atoms with Gasteiger partial charge in [-0.15, -0.1) is 0 Å². The molecule has 0 bridgehead atoms. The first-order valence-electron chi connectivity index (χ1n) is 14.1. The largest absolute Gasteiger partial charge is 0.205 e. The van der Waals surface area contributed by atoms with Crippen molar-refractivity contribution < 1.29 is 4.39 Å². The minimum Gasteiger partial charge on any atom is -0.205 e. The molecule has 0 N–H and O–H groups in total. The molecule has 0 amide bonds. The van der Waals surface area contributed by atoms with Crippen molar-refractivity contribution in [2.75, 3.05) is 0 Å². The van der Waals surface area contributed by atoms with E-state index >= 15 is 4.39 Å². The Morgan fingerprint density at radius 2 is 1.56 bits per heavy atom. The van der Waals surface area contributed by atoms with E-state index in [0.29, 0.717) is 10.9 Å². The number of hydrogen-bond donors (Lipinski definition) is 0. The third kappa shape index (κ3) is 7.33. The third-order valence-electron chi connectivity index (χ3n) is 7.92. The summed E-state index contributed by atoms with van der Waals surface area (Å²) in [7, 11) is 0. The average Bonchev–Trinajstić information content (AvgIpc) is 2.92. The summed E-state index contributed by atoms with van der Waals surface area (Å²) in [6.07, 6.45) is 18.4. The second-order valence-electron chi connectivity index (χ2n) is 10.6. The van der Waals surface area contributed by atoms with E-state index in [2.05, 4.69) is 55.2 Å². The van der Waals surface area contributed by atoms with Gasteiger partial charge >= 0.3 is 0 Å². The first-order chi connectivity index (χ1) is 17.7. The van der Waals surface area contributed by atoms with E-state index in [1.165, 1.54) is 62.5 Å². The molecule has 1 fully saturated rings. The molecule has 0 aliphatic heterocycles. The van der Waals surface area contributed by atoms with Gasteiger partial charge in [-0.05, 0) is 79.2 Å². The summed E-state index contributed by atoms with van der Waals surface area (Å²) in [4.78, 5) is 0. The Balaban J connectivity index is 1.35. The number of rotatable bonds is 9. The summed E-state index contributed by atoms with van der Waals surface area (Å²) in [5.74, 6) is 7.81. The van der Waals surface area contributed by atoms with Crippen molar-refractivity contribution in [2.24, 2.45) is 11.8 Å². The maximum Gasteiger partial charge on any atom is 0.146 e. The highest BCUT2D eigenvalue weighted by Gasteiger charge is 2.20. The van der Waals surface area contributed by atoms with Crippen molar-refractivity contribution in [1.82, 2.24) is 0 Å². The molecule has 0 atom stereocenters. The van der Waals surface area contributed by atoms with Crippen LogP contribution >= 0.6 is 0 Å². The standard InChI is InChI=1S/C35H41F/c1-3-5-7-9-28-12-16-30(17-13-28)20-22-32-23-24-33-26-31(21-25-34(33)35(32)36)19-18-29-14-10-27(11-15-29)8-6-4-2/h3,5,12-13,16-17,21,23-27,29H,4,6-11,14-15,18-19H2,1-2H3/b5-3+. The summed E-state index contributed by atoms with van der Waals surface area (Å²) < 4.78 is 15.2. The molecule has 0 saturated heterocycles. The van der Waals surface area contributed by atoms with Crippen molar-refractivity contribution in [3.63, 3.8) is 0 Å². The fraction of sp³-hybridized carbons (Fsp3) is 0.429. The average molecular weight is 481 g/mol. The molecule has 3 aromatic carbocycles. The highest BCUT2D eigenvalue weighted by Crippen LogP contribution is 2.34. The topological polar surface area (TPSA) is 0 Å². The van der Waals surface area contributed by atoms with Gasteiger partial charge in [0.25, 0.3) is 0 Å². The Hall–Kier alpha value is -2.85. The highest BCUT2D eigenvalue weighted by atomic mass is 19.1. The smallest absolute Gasteiger partial charge is 0.146 e. The molecule has 4 rings (SSSR count). The van der Waals surface area contributed by atoms with Crippen LogP contribution in [0.5, 0.6) is 0 Å². The van der Waals surface area contributed by atoms with Crippen molar-refractivity contribution >= 4 is 10.8 Å². The first-order valence-corrected chi connectivity index (χ1v) is 14.1. The number of aryl methyl sites for hydroxylation is 2. The lowest BCUT2D eigenvalue weighted by Gasteiger charge is -2.28. The van der Waals surface area contributed by atoms with Gasteiger partial charge in [0.05, 0.1) is 5.56 Å². The fourth-order valence-electron chi connectivity index (χ4n) is 5.58. The van der Waals surface area contributed by atoms with Crippen LogP contribution in [0.4, 0.5) is 4.39 Å². The zero-order valence-corrected chi connectivity index (χ0v) is 22.2. The van der Waals surface area contributed by atoms with Crippen LogP contribution in [0.2, 0.25) is 0 Å². The first kappa shape index (κ1) is 26.2. The van der Waals surface area contributed by atoms with Crippen LogP contribution in [0.25, 0.3) is 10.8 Å². The van der Waals surface area contributed by atoms with E-state index in [-0.39, 0.29) is 5.82 Å². The fourth-order valence-corrected chi connectivity index (χ4v) is 5.58. The molecular weight excluding hydrogens is 439 g/mol. The molecule has 1 aliphatic carbocycles. The van der Waals surface area contributed by atoms with Crippen LogP contribution < -0.4 is 0 Å². The van der Waals surface area contributed by atoms with Crippen LogP contribution in [0.3, 0.4) is 0 Å². The van der Waals surface area contributed by atoms with Crippen LogP contribution in [-0.4, -0.2) is 0 Å². The van der Waals surface area contributed by atoms with Crippen molar-refractivity contribution in [2.45, 2.75) is 84.5 Å². The molecular formula is C35H41F. The van der Waals surface area contributed by atoms with Gasteiger partial charge in [-0.2, -0.15) is 0 Å². The van der Waals surface area contributed by atoms with Gasteiger partial charge in [-0.3, -0.25) is 0 Å². The minimum atomic E-state index is -0.208. The number of halogens is 1. The van der Waals surface area contributed by atoms with Crippen molar-refractivity contribution in [3.05, 3.63) is 94.8 Å². The second-order valence-corrected chi connectivity index (χ2v) is 10.6. The minimum absolute atomic E-state index is 0.208. The lowest BCUT2D eigenvalue weighted by atomic mass is 9.78. The second kappa shape index (κ2) is 13.5. The summed E-state index contributed by atoms with van der Waals surface area (Å²) in [6, 6.07) is 18.4. The van der Waals surface area contributed by atoms with E-state index in [0.717, 1.165) is 42.0 Å². The number of hydrogen-bond acceptors (Lipinski definition) is 0. The monoisotopic (exact) mass is 480 g/mol. The summed E-state index contributed by atoms with van der Waals surface area (Å²) >= 11 is 0. The van der Waals surface area contributed by atoms with Gasteiger partial charge in [-0.25, -0.2) is 4.39 Å². The SMILES string of the molecule is C/C=C/CCc1ccc(C#Cc2ccc3cc(CCC4CCC(CCCC)CC4)ccc3c2F)cc1. The Bertz CT molecular complexity index is 1200. The van der Waals surface area contributed by atoms with Gasteiger partial charge in [-0.1, -0.05) is 112 Å². The zero-order valence-electron chi connectivity index (χ0n) is 22.2. The molecule has 1 aliphatic rings. The lowest BCUT2D eigenvalue weighted by molar-refractivity contribution is 0.250. The third-order valence-corrected chi connectivity index (χ3v) is 7.92. The van der Waals surface area contributed by atoms with Crippen LogP contribution in [0.1, 0.15) is 93.9 Å². The van der Waals surface area contributed by atoms with Crippen LogP contribution in [0, 0.1) is 29.5 Å². The Morgan fingerprint density at radius 1 is 0.833 bits per heavy atom. The van der Waals surface area contributed by atoms with Crippen LogP contribution in [-0.2, 0) is 12.8 Å². The molecule has 0 unspecified atom stereocenters. The lowest BCUT2D eigenvalue weighted by Crippen LogP contribution is -2.15. The number of allylic oxidation sites excluding steroid dienone is 2. The van der Waals surface area contributed by atoms with E-state index in [1.807, 2.05) is 37.3 Å². The predicted molar refractivity (Wildman–Crippen MR) is 153 cm³/mol. The molecule has 0 radical (unpaired) electrons. The van der Waals surface area contributed by atoms with E-state index in [9.17, 15) is 0 Å². The van der Waals surface area contributed by atoms with Gasteiger partial charge in [0.15, 0.2) is 0 Å². The number of unbranched alkanes of at least 4 members (excludes halogenated alkanes) is 1. The Labute approximate surface area is 218 Å². The molecule has 0 heterocycles. The van der Waals surface area contributed by atoms with Crippen LogP contribution in [0.15, 0.2) is 66.7 Å². The summed E-state index contributed by atoms with van der Waals surface area (Å²) in [5.41, 5.74) is 4.00. The zero-order chi connectivity index (χ0) is 25.2. The molecule has 0 spiro atoms. The Morgan fingerprint density at radius 3 is 2.28 bits per heavy atom. The normalized spacial score (nSPS) is 17.9. The molecule has 1 heteroatoms.